The van der Waals surface area contributed by atoms with Gasteiger partial charge in [-0.1, -0.05) is 0 Å². The molecule has 0 unspecified atom stereocenters. The van der Waals surface area contributed by atoms with Crippen molar-refractivity contribution >= 4 is 43.2 Å². The molecule has 33 heavy (non-hydrogen) atoms. The molecule has 10 nitrogen and oxygen atoms in total. The van der Waals surface area contributed by atoms with Crippen LogP contribution in [0.1, 0.15) is 26.7 Å². The van der Waals surface area contributed by atoms with Crippen molar-refractivity contribution < 1.29 is 26.4 Å². The van der Waals surface area contributed by atoms with Gasteiger partial charge < -0.3 is 10.6 Å². The molecule has 1 aliphatic carbocycles. The predicted octanol–water partition coefficient (Wildman–Crippen LogP) is 1.73. The average Bonchev–Trinajstić information content (AvgIpc) is 3.56. The number of amides is 2. The highest BCUT2D eigenvalue weighted by Crippen LogP contribution is 2.32. The molecule has 2 amide bonds. The fourth-order valence-corrected chi connectivity index (χ4v) is 5.91. The number of carbonyl (C=O) groups excluding carboxylic acids is 2. The minimum absolute atomic E-state index is 0.00555. The first-order chi connectivity index (χ1) is 15.5. The van der Waals surface area contributed by atoms with Crippen molar-refractivity contribution in [3.05, 3.63) is 48.5 Å². The molecule has 0 atom stereocenters. The number of nitrogens with zero attached hydrogens (tertiary/aromatic N) is 1. The van der Waals surface area contributed by atoms with Gasteiger partial charge in [0.2, 0.25) is 31.9 Å². The van der Waals surface area contributed by atoms with Gasteiger partial charge in [-0.25, -0.2) is 21.6 Å². The molecule has 1 saturated carbocycles. The fraction of sp³-hybridized carbons (Fsp3) is 0.333. The highest BCUT2D eigenvalue weighted by atomic mass is 32.2. The lowest BCUT2D eigenvalue weighted by atomic mass is 10.3. The quantitative estimate of drug-likeness (QED) is 0.459. The molecule has 12 heteroatoms. The topological polar surface area (TPSA) is 142 Å². The lowest BCUT2D eigenvalue weighted by Crippen LogP contribution is -2.39. The maximum absolute atomic E-state index is 13.1. The summed E-state index contributed by atoms with van der Waals surface area (Å²) in [6, 6.07) is 11.3. The van der Waals surface area contributed by atoms with Gasteiger partial charge in [0.15, 0.2) is 0 Å². The highest BCUT2D eigenvalue weighted by molar-refractivity contribution is 7.89. The van der Waals surface area contributed by atoms with E-state index in [2.05, 4.69) is 15.4 Å². The second kappa shape index (κ2) is 10.00. The van der Waals surface area contributed by atoms with Gasteiger partial charge in [0.25, 0.3) is 0 Å². The lowest BCUT2D eigenvalue weighted by Gasteiger charge is -2.22. The Morgan fingerprint density at radius 1 is 0.818 bits per heavy atom. The van der Waals surface area contributed by atoms with Crippen LogP contribution in [0.2, 0.25) is 0 Å². The molecule has 3 N–H and O–H groups in total. The van der Waals surface area contributed by atoms with Crippen LogP contribution < -0.4 is 15.4 Å². The number of benzene rings is 2. The third-order valence-corrected chi connectivity index (χ3v) is 8.29. The summed E-state index contributed by atoms with van der Waals surface area (Å²) >= 11 is 0. The molecule has 0 aliphatic heterocycles. The summed E-state index contributed by atoms with van der Waals surface area (Å²) in [6.45, 7) is 2.58. The minimum atomic E-state index is -3.86. The molecular formula is C21H26N4O6S2. The molecule has 2 aromatic carbocycles. The molecule has 0 saturated heterocycles. The first kappa shape index (κ1) is 24.8. The van der Waals surface area contributed by atoms with E-state index in [1.54, 1.807) is 0 Å². The van der Waals surface area contributed by atoms with Gasteiger partial charge in [-0.05, 0) is 61.4 Å². The zero-order valence-electron chi connectivity index (χ0n) is 18.2. The maximum atomic E-state index is 13.1. The summed E-state index contributed by atoms with van der Waals surface area (Å²) in [5, 5.41) is 5.14. The molecular weight excluding hydrogens is 468 g/mol. The smallest absolute Gasteiger partial charge is 0.243 e. The second-order valence-electron chi connectivity index (χ2n) is 7.66. The van der Waals surface area contributed by atoms with Crippen LogP contribution in [0.5, 0.6) is 0 Å². The Labute approximate surface area is 193 Å². The third-order valence-electron chi connectivity index (χ3n) is 4.84. The van der Waals surface area contributed by atoms with Crippen LogP contribution in [0.3, 0.4) is 0 Å². The first-order valence-corrected chi connectivity index (χ1v) is 13.2. The van der Waals surface area contributed by atoms with Crippen molar-refractivity contribution in [2.24, 2.45) is 0 Å². The van der Waals surface area contributed by atoms with Crippen molar-refractivity contribution in [3.8, 4) is 0 Å². The van der Waals surface area contributed by atoms with Gasteiger partial charge in [-0.2, -0.15) is 4.31 Å². The van der Waals surface area contributed by atoms with Crippen molar-refractivity contribution in [2.45, 2.75) is 42.5 Å². The van der Waals surface area contributed by atoms with E-state index < -0.39 is 20.0 Å². The van der Waals surface area contributed by atoms with Crippen molar-refractivity contribution in [3.63, 3.8) is 0 Å². The van der Waals surface area contributed by atoms with E-state index >= 15 is 0 Å². The van der Waals surface area contributed by atoms with Crippen LogP contribution >= 0.6 is 0 Å². The Kier molecular flexibility index (Phi) is 7.52. The Morgan fingerprint density at radius 2 is 1.27 bits per heavy atom. The van der Waals surface area contributed by atoms with E-state index in [9.17, 15) is 26.4 Å². The van der Waals surface area contributed by atoms with Crippen molar-refractivity contribution in [2.75, 3.05) is 23.7 Å². The van der Waals surface area contributed by atoms with E-state index in [0.29, 0.717) is 24.2 Å². The predicted molar refractivity (Wildman–Crippen MR) is 124 cm³/mol. The molecule has 0 bridgehead atoms. The summed E-state index contributed by atoms with van der Waals surface area (Å²) in [6.07, 6.45) is 1.42. The first-order valence-electron chi connectivity index (χ1n) is 10.3. The van der Waals surface area contributed by atoms with Crippen LogP contribution in [-0.2, 0) is 29.6 Å². The number of sulfonamides is 2. The number of hydrogen-bond donors (Lipinski definition) is 3. The Hall–Kier alpha value is -2.80. The highest BCUT2D eigenvalue weighted by Gasteiger charge is 2.37. The number of hydrogen-bond acceptors (Lipinski definition) is 6. The van der Waals surface area contributed by atoms with Crippen molar-refractivity contribution in [1.82, 2.24) is 9.03 Å². The number of rotatable bonds is 10. The van der Waals surface area contributed by atoms with Crippen molar-refractivity contribution in [1.29, 1.82) is 0 Å². The molecule has 1 aliphatic rings. The number of carbonyl (C=O) groups is 2. The lowest BCUT2D eigenvalue weighted by molar-refractivity contribution is -0.115. The van der Waals surface area contributed by atoms with Gasteiger partial charge >= 0.3 is 0 Å². The largest absolute Gasteiger partial charge is 0.326 e. The number of nitrogens with one attached hydrogen (secondary N) is 3. The molecule has 0 aromatic heterocycles. The summed E-state index contributed by atoms with van der Waals surface area (Å²) in [5.41, 5.74) is 0.952. The zero-order chi connectivity index (χ0) is 24.2. The second-order valence-corrected chi connectivity index (χ2v) is 11.3. The summed E-state index contributed by atoms with van der Waals surface area (Å²) in [5.74, 6) is -0.530. The Balaban J connectivity index is 1.66. The summed E-state index contributed by atoms with van der Waals surface area (Å²) < 4.78 is 55.1. The van der Waals surface area contributed by atoms with E-state index in [0.717, 1.165) is 0 Å². The molecule has 0 radical (unpaired) electrons. The molecule has 3 rings (SSSR count). The normalized spacial score (nSPS) is 14.2. The molecule has 0 heterocycles. The van der Waals surface area contributed by atoms with Crippen LogP contribution in [0, 0.1) is 0 Å². The standard InChI is InChI=1S/C21H26N4O6S2/c1-15(26)23-17-3-9-20(10-4-17)32(28,29)22-13-14-25(19-7-8-19)33(30,31)21-11-5-18(6-12-21)24-16(2)27/h3-6,9-12,19,22H,7-8,13-14H2,1-2H3,(H,23,26)(H,24,27). The molecule has 1 fully saturated rings. The van der Waals surface area contributed by atoms with E-state index in [1.807, 2.05) is 0 Å². The van der Waals surface area contributed by atoms with Crippen LogP contribution in [0.4, 0.5) is 11.4 Å². The van der Waals surface area contributed by atoms with Gasteiger partial charge in [0, 0.05) is 44.4 Å². The number of anilines is 2. The van der Waals surface area contributed by atoms with Crippen LogP contribution in [0.15, 0.2) is 58.3 Å². The molecule has 178 valence electrons. The summed E-state index contributed by atoms with van der Waals surface area (Å²) in [4.78, 5) is 22.3. The SMILES string of the molecule is CC(=O)Nc1ccc(S(=O)(=O)NCCN(C2CC2)S(=O)(=O)c2ccc(NC(C)=O)cc2)cc1. The van der Waals surface area contributed by atoms with Gasteiger partial charge in [0.1, 0.15) is 0 Å². The van der Waals surface area contributed by atoms with E-state index in [-0.39, 0.29) is 40.7 Å². The Bertz CT molecular complexity index is 1220. The third kappa shape index (κ3) is 6.60. The average molecular weight is 495 g/mol. The van der Waals surface area contributed by atoms with Gasteiger partial charge in [-0.15, -0.1) is 0 Å². The monoisotopic (exact) mass is 494 g/mol. The maximum Gasteiger partial charge on any atom is 0.243 e. The minimum Gasteiger partial charge on any atom is -0.326 e. The zero-order valence-corrected chi connectivity index (χ0v) is 19.9. The Morgan fingerprint density at radius 3 is 1.70 bits per heavy atom. The molecule has 0 spiro atoms. The van der Waals surface area contributed by atoms with Gasteiger partial charge in [0.05, 0.1) is 9.79 Å². The van der Waals surface area contributed by atoms with Crippen LogP contribution in [-0.4, -0.2) is 52.1 Å². The molecule has 2 aromatic rings. The van der Waals surface area contributed by atoms with Crippen LogP contribution in [0.25, 0.3) is 0 Å². The van der Waals surface area contributed by atoms with Gasteiger partial charge in [-0.3, -0.25) is 9.59 Å². The summed E-state index contributed by atoms with van der Waals surface area (Å²) in [7, 11) is -7.70. The van der Waals surface area contributed by atoms with E-state index in [1.165, 1.54) is 66.7 Å². The fourth-order valence-electron chi connectivity index (χ4n) is 3.20. The van der Waals surface area contributed by atoms with E-state index in [4.69, 9.17) is 0 Å².